The SMILES string of the molecule is CCCCCC/C=C\C=C/CCCCCCCC(=O)O[C@H](COC(=O)CCCCCCCCCCCCCCC(C)C)COP(=O)(O)OC[C@@H](O)COP(=O)(O)OC[C@@H](COC(=O)CCCCCCCCCCCCCC)OC(=O)CCCCCCCCCCCCC(C)C. The quantitative estimate of drug-likeness (QED) is 0.0169. The topological polar surface area (TPSA) is 237 Å². The van der Waals surface area contributed by atoms with E-state index in [1.54, 1.807) is 0 Å². The van der Waals surface area contributed by atoms with E-state index in [0.717, 1.165) is 115 Å². The molecular formula is C76H144O17P2. The maximum absolute atomic E-state index is 13.1. The second kappa shape index (κ2) is 67.4. The summed E-state index contributed by atoms with van der Waals surface area (Å²) in [5, 5.41) is 10.6. The van der Waals surface area contributed by atoms with Crippen molar-refractivity contribution in [3.05, 3.63) is 24.3 Å². The molecule has 0 fully saturated rings. The van der Waals surface area contributed by atoms with Crippen LogP contribution in [0.25, 0.3) is 0 Å². The zero-order valence-corrected chi connectivity index (χ0v) is 63.2. The van der Waals surface area contributed by atoms with Gasteiger partial charge in [0.25, 0.3) is 0 Å². The van der Waals surface area contributed by atoms with Crippen molar-refractivity contribution in [1.29, 1.82) is 0 Å². The molecule has 95 heavy (non-hydrogen) atoms. The summed E-state index contributed by atoms with van der Waals surface area (Å²) in [6, 6.07) is 0. The van der Waals surface area contributed by atoms with E-state index >= 15 is 0 Å². The van der Waals surface area contributed by atoms with Crippen molar-refractivity contribution in [3.63, 3.8) is 0 Å². The van der Waals surface area contributed by atoms with Gasteiger partial charge in [0.15, 0.2) is 12.2 Å². The lowest BCUT2D eigenvalue weighted by Crippen LogP contribution is -2.30. The van der Waals surface area contributed by atoms with E-state index in [9.17, 15) is 43.2 Å². The van der Waals surface area contributed by atoms with Crippen molar-refractivity contribution in [1.82, 2.24) is 0 Å². The molecule has 0 aromatic carbocycles. The van der Waals surface area contributed by atoms with Crippen molar-refractivity contribution in [2.45, 2.75) is 387 Å². The Morgan fingerprint density at radius 3 is 0.863 bits per heavy atom. The molecule has 0 saturated heterocycles. The van der Waals surface area contributed by atoms with Gasteiger partial charge in [-0.05, 0) is 63.2 Å². The van der Waals surface area contributed by atoms with E-state index in [0.29, 0.717) is 25.7 Å². The molecule has 560 valence electrons. The molecule has 0 spiro atoms. The molecule has 0 radical (unpaired) electrons. The van der Waals surface area contributed by atoms with Gasteiger partial charge in [0, 0.05) is 25.7 Å². The third-order valence-electron chi connectivity index (χ3n) is 17.1. The van der Waals surface area contributed by atoms with Crippen molar-refractivity contribution in [2.75, 3.05) is 39.6 Å². The van der Waals surface area contributed by atoms with Gasteiger partial charge < -0.3 is 33.8 Å². The number of esters is 4. The van der Waals surface area contributed by atoms with Crippen LogP contribution in [0.4, 0.5) is 0 Å². The minimum Gasteiger partial charge on any atom is -0.462 e. The number of aliphatic hydroxyl groups excluding tert-OH is 1. The summed E-state index contributed by atoms with van der Waals surface area (Å²) in [5.74, 6) is -0.615. The van der Waals surface area contributed by atoms with Crippen LogP contribution < -0.4 is 0 Å². The van der Waals surface area contributed by atoms with Gasteiger partial charge in [-0.3, -0.25) is 37.3 Å². The van der Waals surface area contributed by atoms with Gasteiger partial charge in [-0.25, -0.2) is 9.13 Å². The Morgan fingerprint density at radius 1 is 0.326 bits per heavy atom. The van der Waals surface area contributed by atoms with Crippen LogP contribution in [-0.2, 0) is 65.4 Å². The highest BCUT2D eigenvalue weighted by Crippen LogP contribution is 2.45. The first-order valence-electron chi connectivity index (χ1n) is 38.8. The van der Waals surface area contributed by atoms with Crippen molar-refractivity contribution < 1.29 is 80.2 Å². The molecule has 5 atom stereocenters. The maximum atomic E-state index is 13.1. The van der Waals surface area contributed by atoms with E-state index in [-0.39, 0.29) is 25.7 Å². The predicted molar refractivity (Wildman–Crippen MR) is 386 cm³/mol. The molecule has 0 amide bonds. The maximum Gasteiger partial charge on any atom is 0.472 e. The largest absolute Gasteiger partial charge is 0.472 e. The van der Waals surface area contributed by atoms with Gasteiger partial charge in [-0.1, -0.05) is 316 Å². The van der Waals surface area contributed by atoms with Crippen LogP contribution in [0.15, 0.2) is 24.3 Å². The third-order valence-corrected chi connectivity index (χ3v) is 19.0. The normalized spacial score (nSPS) is 14.2. The molecule has 19 heteroatoms. The number of carbonyl (C=O) groups is 4. The Balaban J connectivity index is 5.30. The van der Waals surface area contributed by atoms with Crippen LogP contribution in [0.2, 0.25) is 0 Å². The van der Waals surface area contributed by atoms with Gasteiger partial charge in [0.1, 0.15) is 19.3 Å². The summed E-state index contributed by atoms with van der Waals surface area (Å²) in [6.07, 6.45) is 57.5. The molecule has 0 aromatic rings. The Labute approximate surface area is 580 Å². The summed E-state index contributed by atoms with van der Waals surface area (Å²) in [7, 11) is -9.92. The smallest absolute Gasteiger partial charge is 0.462 e. The van der Waals surface area contributed by atoms with E-state index in [1.165, 1.54) is 173 Å². The number of allylic oxidation sites excluding steroid dienone is 4. The minimum absolute atomic E-state index is 0.0851. The number of unbranched alkanes of at least 4 members (excludes halogenated alkanes) is 40. The molecule has 0 aliphatic heterocycles. The van der Waals surface area contributed by atoms with Crippen LogP contribution >= 0.6 is 15.6 Å². The molecule has 0 aromatic heterocycles. The number of ether oxygens (including phenoxy) is 4. The molecule has 0 heterocycles. The fourth-order valence-corrected chi connectivity index (χ4v) is 12.7. The summed E-state index contributed by atoms with van der Waals surface area (Å²) in [6.45, 7) is 9.53. The van der Waals surface area contributed by atoms with Gasteiger partial charge in [0.2, 0.25) is 0 Å². The number of carbonyl (C=O) groups excluding carboxylic acids is 4. The summed E-state index contributed by atoms with van der Waals surface area (Å²) in [4.78, 5) is 72.8. The van der Waals surface area contributed by atoms with Gasteiger partial charge in [-0.2, -0.15) is 0 Å². The van der Waals surface area contributed by atoms with E-state index in [2.05, 4.69) is 65.8 Å². The van der Waals surface area contributed by atoms with Gasteiger partial charge in [0.05, 0.1) is 26.4 Å². The summed E-state index contributed by atoms with van der Waals surface area (Å²) in [5.41, 5.74) is 0. The standard InChI is InChI=1S/C76H144O17P2/c1-7-9-11-13-15-17-19-21-22-23-29-36-42-48-54-60-75(80)92-71(64-87-74(79)59-53-47-41-35-28-25-24-26-32-38-44-50-56-68(3)4)66-90-94(82,83)88-62-70(77)63-89-95(84,85)91-67-72(65-86-73(78)58-52-46-40-34-27-20-18-16-14-12-10-8-2)93-76(81)61-55-49-43-37-31-30-33-39-45-51-57-69(5)6/h17,19,21-22,68-72,77H,7-16,18,20,23-67H2,1-6H3,(H,82,83)(H,84,85)/b19-17-,22-21-/t70-,71-,72-/m1/s1. The third kappa shape index (κ3) is 69.8. The highest BCUT2D eigenvalue weighted by atomic mass is 31.2. The molecule has 17 nitrogen and oxygen atoms in total. The molecule has 0 saturated carbocycles. The van der Waals surface area contributed by atoms with Crippen molar-refractivity contribution >= 4 is 39.5 Å². The highest BCUT2D eigenvalue weighted by Gasteiger charge is 2.30. The molecule has 0 aliphatic rings. The molecule has 0 rings (SSSR count). The zero-order valence-electron chi connectivity index (χ0n) is 61.5. The number of hydrogen-bond donors (Lipinski definition) is 3. The first-order valence-corrected chi connectivity index (χ1v) is 41.8. The predicted octanol–water partition coefficient (Wildman–Crippen LogP) is 21.9. The monoisotopic (exact) mass is 1390 g/mol. The van der Waals surface area contributed by atoms with Crippen molar-refractivity contribution in [2.24, 2.45) is 11.8 Å². The Hall–Kier alpha value is -2.46. The van der Waals surface area contributed by atoms with E-state index in [4.69, 9.17) is 37.0 Å². The Kier molecular flexibility index (Phi) is 65.6. The lowest BCUT2D eigenvalue weighted by atomic mass is 10.0. The van der Waals surface area contributed by atoms with Crippen LogP contribution in [0.1, 0.15) is 369 Å². The van der Waals surface area contributed by atoms with Crippen LogP contribution in [0, 0.1) is 11.8 Å². The second-order valence-corrected chi connectivity index (χ2v) is 30.6. The number of aliphatic hydroxyl groups is 1. The average Bonchev–Trinajstić information content (AvgIpc) is 2.14. The summed E-state index contributed by atoms with van der Waals surface area (Å²) < 4.78 is 68.5. The van der Waals surface area contributed by atoms with E-state index in [1.807, 2.05) is 0 Å². The van der Waals surface area contributed by atoms with Gasteiger partial charge >= 0.3 is 39.5 Å². The Bertz CT molecular complexity index is 1930. The fourth-order valence-electron chi connectivity index (χ4n) is 11.1. The number of rotatable bonds is 73. The second-order valence-electron chi connectivity index (χ2n) is 27.7. The van der Waals surface area contributed by atoms with Gasteiger partial charge in [-0.15, -0.1) is 0 Å². The van der Waals surface area contributed by atoms with Crippen LogP contribution in [0.5, 0.6) is 0 Å². The molecule has 3 N–H and O–H groups in total. The molecule has 0 aliphatic carbocycles. The fraction of sp³-hybridized carbons (Fsp3) is 0.895. The number of phosphoric ester groups is 2. The molecule has 0 bridgehead atoms. The van der Waals surface area contributed by atoms with Crippen LogP contribution in [-0.4, -0.2) is 96.7 Å². The molecular weight excluding hydrogens is 1250 g/mol. The lowest BCUT2D eigenvalue weighted by molar-refractivity contribution is -0.161. The summed E-state index contributed by atoms with van der Waals surface area (Å²) >= 11 is 0. The minimum atomic E-state index is -4.97. The van der Waals surface area contributed by atoms with E-state index < -0.39 is 97.5 Å². The zero-order chi connectivity index (χ0) is 70.0. The number of hydrogen-bond acceptors (Lipinski definition) is 15. The average molecular weight is 1390 g/mol. The first kappa shape index (κ1) is 92.5. The lowest BCUT2D eigenvalue weighted by Gasteiger charge is -2.21. The molecule has 2 unspecified atom stereocenters. The number of phosphoric acid groups is 2. The first-order chi connectivity index (χ1) is 45.9. The Morgan fingerprint density at radius 2 is 0.568 bits per heavy atom. The van der Waals surface area contributed by atoms with Crippen LogP contribution in [0.3, 0.4) is 0 Å². The highest BCUT2D eigenvalue weighted by molar-refractivity contribution is 7.47. The van der Waals surface area contributed by atoms with Crippen molar-refractivity contribution in [3.8, 4) is 0 Å².